The molecule has 148 valence electrons. The molecule has 26 heavy (non-hydrogen) atoms. The first-order valence-corrected chi connectivity index (χ1v) is 9.56. The smallest absolute Gasteiger partial charge is 0.191 e. The molecule has 6 heteroatoms. The summed E-state index contributed by atoms with van der Waals surface area (Å²) in [6, 6.07) is 4.30. The quantitative estimate of drug-likeness (QED) is 0.244. The minimum atomic E-state index is 0. The number of aliphatic imine (C=N–C) groups is 1. The van der Waals surface area contributed by atoms with E-state index in [-0.39, 0.29) is 24.0 Å². The Bertz CT molecular complexity index is 515. The molecule has 1 aliphatic rings. The van der Waals surface area contributed by atoms with Crippen LogP contribution in [0.15, 0.2) is 40.5 Å². The van der Waals surface area contributed by atoms with Gasteiger partial charge in [0.2, 0.25) is 0 Å². The minimum absolute atomic E-state index is 0. The summed E-state index contributed by atoms with van der Waals surface area (Å²) in [4.78, 5) is 4.69. The average molecular weight is 475 g/mol. The average Bonchev–Trinajstić information content (AvgIpc) is 3.14. The van der Waals surface area contributed by atoms with Crippen molar-refractivity contribution in [3.63, 3.8) is 0 Å². The van der Waals surface area contributed by atoms with Crippen LogP contribution in [0.2, 0.25) is 0 Å². The Labute approximate surface area is 175 Å². The largest absolute Gasteiger partial charge is 0.469 e. The Hall–Kier alpha value is -1.02. The van der Waals surface area contributed by atoms with E-state index in [1.807, 2.05) is 18.2 Å². The van der Waals surface area contributed by atoms with Crippen LogP contribution in [0.3, 0.4) is 0 Å². The van der Waals surface area contributed by atoms with Crippen LogP contribution in [0.25, 0.3) is 0 Å². The molecule has 5 nitrogen and oxygen atoms in total. The summed E-state index contributed by atoms with van der Waals surface area (Å²) in [6.45, 7) is 10.5. The molecular weight excluding hydrogens is 441 g/mol. The van der Waals surface area contributed by atoms with Crippen molar-refractivity contribution in [2.75, 3.05) is 19.7 Å². The van der Waals surface area contributed by atoms with Gasteiger partial charge in [-0.2, -0.15) is 0 Å². The molecule has 2 rings (SSSR count). The van der Waals surface area contributed by atoms with E-state index in [0.717, 1.165) is 37.6 Å². The fourth-order valence-electron chi connectivity index (χ4n) is 3.35. The van der Waals surface area contributed by atoms with Gasteiger partial charge in [-0.25, -0.2) is 0 Å². The van der Waals surface area contributed by atoms with Gasteiger partial charge >= 0.3 is 0 Å². The van der Waals surface area contributed by atoms with Gasteiger partial charge in [0.1, 0.15) is 5.76 Å². The van der Waals surface area contributed by atoms with E-state index in [9.17, 15) is 0 Å². The van der Waals surface area contributed by atoms with Crippen molar-refractivity contribution in [1.29, 1.82) is 0 Å². The van der Waals surface area contributed by atoms with Crippen molar-refractivity contribution in [2.24, 2.45) is 10.9 Å². The van der Waals surface area contributed by atoms with Crippen LogP contribution in [0, 0.1) is 5.92 Å². The summed E-state index contributed by atoms with van der Waals surface area (Å²) in [5.41, 5.74) is 0. The molecule has 1 aliphatic heterocycles. The number of nitrogens with zero attached hydrogens (tertiary/aromatic N) is 1. The highest BCUT2D eigenvalue weighted by Gasteiger charge is 2.28. The molecule has 0 radical (unpaired) electrons. The SMILES string of the molecule is C=CCNC(=NCCc1ccco1)NC1CCOC(C(CC)CC)C1.I. The summed E-state index contributed by atoms with van der Waals surface area (Å²) in [7, 11) is 0. The number of ether oxygens (including phenoxy) is 1. The Kier molecular flexibility index (Phi) is 11.7. The van der Waals surface area contributed by atoms with Gasteiger partial charge in [-0.15, -0.1) is 30.6 Å². The third kappa shape index (κ3) is 7.70. The number of furan rings is 1. The Morgan fingerprint density at radius 3 is 2.88 bits per heavy atom. The van der Waals surface area contributed by atoms with Gasteiger partial charge in [-0.1, -0.05) is 32.8 Å². The monoisotopic (exact) mass is 475 g/mol. The van der Waals surface area contributed by atoms with Gasteiger partial charge in [0.05, 0.1) is 12.4 Å². The zero-order valence-corrected chi connectivity index (χ0v) is 18.4. The Morgan fingerprint density at radius 1 is 1.42 bits per heavy atom. The zero-order chi connectivity index (χ0) is 17.9. The summed E-state index contributed by atoms with van der Waals surface area (Å²) in [5, 5.41) is 6.90. The summed E-state index contributed by atoms with van der Waals surface area (Å²) < 4.78 is 11.4. The van der Waals surface area contributed by atoms with Crippen LogP contribution >= 0.6 is 24.0 Å². The van der Waals surface area contributed by atoms with Crippen LogP contribution < -0.4 is 10.6 Å². The van der Waals surface area contributed by atoms with Crippen LogP contribution in [0.1, 0.15) is 45.3 Å². The Morgan fingerprint density at radius 2 is 2.23 bits per heavy atom. The predicted molar refractivity (Wildman–Crippen MR) is 118 cm³/mol. The van der Waals surface area contributed by atoms with Gasteiger partial charge < -0.3 is 19.8 Å². The molecule has 1 fully saturated rings. The highest BCUT2D eigenvalue weighted by Crippen LogP contribution is 2.25. The van der Waals surface area contributed by atoms with E-state index in [1.165, 1.54) is 12.8 Å². The zero-order valence-electron chi connectivity index (χ0n) is 16.1. The number of hydrogen-bond acceptors (Lipinski definition) is 3. The standard InChI is InChI=1S/C20H33N3O2.HI/c1-4-11-21-20(22-12-9-18-8-7-13-24-18)23-17-10-14-25-19(15-17)16(5-2)6-3;/h4,7-8,13,16-17,19H,1,5-6,9-12,14-15H2,2-3H3,(H2,21,22,23);1H. The van der Waals surface area contributed by atoms with Crippen LogP contribution in [-0.2, 0) is 11.2 Å². The summed E-state index contributed by atoms with van der Waals surface area (Å²) in [5.74, 6) is 2.46. The normalized spacial score (nSPS) is 20.5. The fraction of sp³-hybridized carbons (Fsp3) is 0.650. The number of hydrogen-bond donors (Lipinski definition) is 2. The molecule has 1 aromatic rings. The second-order valence-electron chi connectivity index (χ2n) is 6.58. The first kappa shape index (κ1) is 23.0. The predicted octanol–water partition coefficient (Wildman–Crippen LogP) is 4.15. The summed E-state index contributed by atoms with van der Waals surface area (Å²) >= 11 is 0. The third-order valence-electron chi connectivity index (χ3n) is 4.85. The van der Waals surface area contributed by atoms with E-state index >= 15 is 0 Å². The second kappa shape index (κ2) is 13.2. The van der Waals surface area contributed by atoms with E-state index < -0.39 is 0 Å². The van der Waals surface area contributed by atoms with E-state index in [1.54, 1.807) is 6.26 Å². The third-order valence-corrected chi connectivity index (χ3v) is 4.85. The number of guanidine groups is 1. The van der Waals surface area contributed by atoms with Crippen LogP contribution in [0.5, 0.6) is 0 Å². The molecule has 2 heterocycles. The lowest BCUT2D eigenvalue weighted by atomic mass is 9.89. The van der Waals surface area contributed by atoms with Crippen LogP contribution in [-0.4, -0.2) is 37.8 Å². The topological polar surface area (TPSA) is 58.8 Å². The van der Waals surface area contributed by atoms with Crippen molar-refractivity contribution in [2.45, 2.75) is 58.1 Å². The molecule has 0 aromatic carbocycles. The molecular formula is C20H34IN3O2. The van der Waals surface area contributed by atoms with Gasteiger partial charge in [0.15, 0.2) is 5.96 Å². The lowest BCUT2D eigenvalue weighted by molar-refractivity contribution is -0.0324. The highest BCUT2D eigenvalue weighted by molar-refractivity contribution is 14.0. The molecule has 0 saturated carbocycles. The van der Waals surface area contributed by atoms with Crippen molar-refractivity contribution >= 4 is 29.9 Å². The lowest BCUT2D eigenvalue weighted by Crippen LogP contribution is -2.48. The van der Waals surface area contributed by atoms with E-state index in [2.05, 4.69) is 36.1 Å². The maximum absolute atomic E-state index is 6.02. The molecule has 0 bridgehead atoms. The van der Waals surface area contributed by atoms with Crippen molar-refractivity contribution in [3.05, 3.63) is 36.8 Å². The molecule has 0 aliphatic carbocycles. The maximum Gasteiger partial charge on any atom is 0.191 e. The first-order chi connectivity index (χ1) is 12.3. The van der Waals surface area contributed by atoms with Crippen LogP contribution in [0.4, 0.5) is 0 Å². The fourth-order valence-corrected chi connectivity index (χ4v) is 3.35. The molecule has 0 spiro atoms. The second-order valence-corrected chi connectivity index (χ2v) is 6.58. The van der Waals surface area contributed by atoms with E-state index in [4.69, 9.17) is 9.15 Å². The first-order valence-electron chi connectivity index (χ1n) is 9.56. The van der Waals surface area contributed by atoms with Gasteiger partial charge in [0.25, 0.3) is 0 Å². The van der Waals surface area contributed by atoms with Crippen molar-refractivity contribution < 1.29 is 9.15 Å². The molecule has 1 saturated heterocycles. The molecule has 2 N–H and O–H groups in total. The highest BCUT2D eigenvalue weighted by atomic mass is 127. The number of rotatable bonds is 9. The number of nitrogens with one attached hydrogen (secondary N) is 2. The van der Waals surface area contributed by atoms with Gasteiger partial charge in [-0.3, -0.25) is 4.99 Å². The Balaban J connectivity index is 0.00000338. The molecule has 1 aromatic heterocycles. The lowest BCUT2D eigenvalue weighted by Gasteiger charge is -2.35. The minimum Gasteiger partial charge on any atom is -0.469 e. The van der Waals surface area contributed by atoms with Crippen molar-refractivity contribution in [1.82, 2.24) is 10.6 Å². The summed E-state index contributed by atoms with van der Waals surface area (Å²) in [6.07, 6.45) is 9.11. The van der Waals surface area contributed by atoms with Gasteiger partial charge in [0, 0.05) is 32.2 Å². The van der Waals surface area contributed by atoms with E-state index in [0.29, 0.717) is 31.2 Å². The van der Waals surface area contributed by atoms with Crippen molar-refractivity contribution in [3.8, 4) is 0 Å². The van der Waals surface area contributed by atoms with Gasteiger partial charge in [-0.05, 0) is 30.9 Å². The molecule has 0 amide bonds. The molecule has 2 unspecified atom stereocenters. The maximum atomic E-state index is 6.02. The molecule has 2 atom stereocenters. The number of halogens is 1.